The van der Waals surface area contributed by atoms with Gasteiger partial charge in [0.1, 0.15) is 24.1 Å². The topological polar surface area (TPSA) is 105 Å². The molecule has 0 aliphatic rings. The lowest BCUT2D eigenvalue weighted by Gasteiger charge is -2.32. The van der Waals surface area contributed by atoms with Gasteiger partial charge in [0.2, 0.25) is 11.8 Å². The molecule has 0 aliphatic carbocycles. The minimum atomic E-state index is -4.23. The van der Waals surface area contributed by atoms with Crippen LogP contribution in [0.3, 0.4) is 0 Å². The fraction of sp³-hybridized carbons (Fsp3) is 0.333. The standard InChI is InChI=1S/C30H37N3O6S/c1-6-17-31-30(35)23(3)32(20-24-12-10-11-22(2)18-24)29(34)21-33(40(36,37)26-13-8-7-9-14-26)27-19-25(38-4)15-16-28(27)39-5/h7-16,18-19,23H,6,17,20-21H2,1-5H3,(H,31,35). The maximum absolute atomic E-state index is 14.0. The van der Waals surface area contributed by atoms with E-state index >= 15 is 0 Å². The van der Waals surface area contributed by atoms with E-state index in [1.165, 1.54) is 37.3 Å². The van der Waals surface area contributed by atoms with Gasteiger partial charge in [0, 0.05) is 19.2 Å². The van der Waals surface area contributed by atoms with E-state index in [4.69, 9.17) is 9.47 Å². The molecule has 0 bridgehead atoms. The molecule has 3 aromatic carbocycles. The van der Waals surface area contributed by atoms with Crippen molar-refractivity contribution in [3.05, 3.63) is 83.9 Å². The van der Waals surface area contributed by atoms with E-state index in [1.54, 1.807) is 37.3 Å². The molecule has 0 radical (unpaired) electrons. The third-order valence-electron chi connectivity index (χ3n) is 6.42. The molecule has 1 unspecified atom stereocenters. The molecule has 9 nitrogen and oxygen atoms in total. The molecule has 0 heterocycles. The van der Waals surface area contributed by atoms with Gasteiger partial charge in [-0.1, -0.05) is 55.0 Å². The highest BCUT2D eigenvalue weighted by Crippen LogP contribution is 2.36. The van der Waals surface area contributed by atoms with Crippen LogP contribution in [0.2, 0.25) is 0 Å². The summed E-state index contributed by atoms with van der Waals surface area (Å²) in [6.07, 6.45) is 0.739. The van der Waals surface area contributed by atoms with Gasteiger partial charge in [0.15, 0.2) is 0 Å². The van der Waals surface area contributed by atoms with Crippen molar-refractivity contribution >= 4 is 27.5 Å². The molecule has 10 heteroatoms. The Kier molecular flexibility index (Phi) is 10.6. The van der Waals surface area contributed by atoms with E-state index in [0.29, 0.717) is 12.3 Å². The first-order valence-corrected chi connectivity index (χ1v) is 14.5. The lowest BCUT2D eigenvalue weighted by atomic mass is 10.1. The fourth-order valence-electron chi connectivity index (χ4n) is 4.21. The Bertz CT molecular complexity index is 1410. The molecular weight excluding hydrogens is 530 g/mol. The van der Waals surface area contributed by atoms with Crippen molar-refractivity contribution in [1.29, 1.82) is 0 Å². The molecule has 214 valence electrons. The Balaban J connectivity index is 2.10. The van der Waals surface area contributed by atoms with Crippen LogP contribution in [0.25, 0.3) is 0 Å². The number of ether oxygens (including phenoxy) is 2. The zero-order valence-corrected chi connectivity index (χ0v) is 24.4. The number of methoxy groups -OCH3 is 2. The molecule has 0 saturated carbocycles. The minimum Gasteiger partial charge on any atom is -0.497 e. The number of carbonyl (C=O) groups excluding carboxylic acids is 2. The Hall–Kier alpha value is -4.05. The number of rotatable bonds is 13. The first-order valence-electron chi connectivity index (χ1n) is 13.0. The summed E-state index contributed by atoms with van der Waals surface area (Å²) >= 11 is 0. The molecule has 0 aliphatic heterocycles. The molecule has 1 N–H and O–H groups in total. The quantitative estimate of drug-likeness (QED) is 0.333. The van der Waals surface area contributed by atoms with Crippen LogP contribution >= 0.6 is 0 Å². The fourth-order valence-corrected chi connectivity index (χ4v) is 5.65. The second-order valence-electron chi connectivity index (χ2n) is 9.34. The highest BCUT2D eigenvalue weighted by Gasteiger charge is 2.34. The zero-order valence-electron chi connectivity index (χ0n) is 23.6. The molecule has 3 rings (SSSR count). The third-order valence-corrected chi connectivity index (χ3v) is 8.19. The Morgan fingerprint density at radius 3 is 2.30 bits per heavy atom. The number of hydrogen-bond acceptors (Lipinski definition) is 6. The summed E-state index contributed by atoms with van der Waals surface area (Å²) in [6, 6.07) is 19.4. The van der Waals surface area contributed by atoms with Crippen LogP contribution in [-0.4, -0.2) is 58.5 Å². The first-order chi connectivity index (χ1) is 19.1. The van der Waals surface area contributed by atoms with Crippen molar-refractivity contribution in [3.63, 3.8) is 0 Å². The summed E-state index contributed by atoms with van der Waals surface area (Å²) in [5.41, 5.74) is 1.96. The van der Waals surface area contributed by atoms with Gasteiger partial charge in [0.05, 0.1) is 24.8 Å². The summed E-state index contributed by atoms with van der Waals surface area (Å²) in [5, 5.41) is 2.84. The van der Waals surface area contributed by atoms with Crippen LogP contribution in [0.5, 0.6) is 11.5 Å². The van der Waals surface area contributed by atoms with Crippen LogP contribution in [-0.2, 0) is 26.2 Å². The lowest BCUT2D eigenvalue weighted by molar-refractivity contribution is -0.139. The molecule has 2 amide bonds. The van der Waals surface area contributed by atoms with Crippen molar-refractivity contribution in [2.75, 3.05) is 31.6 Å². The van der Waals surface area contributed by atoms with Gasteiger partial charge in [-0.15, -0.1) is 0 Å². The Labute approximate surface area is 236 Å². The SMILES string of the molecule is CCCNC(=O)C(C)N(Cc1cccc(C)c1)C(=O)CN(c1cc(OC)ccc1OC)S(=O)(=O)c1ccccc1. The van der Waals surface area contributed by atoms with Crippen molar-refractivity contribution in [2.24, 2.45) is 0 Å². The van der Waals surface area contributed by atoms with Gasteiger partial charge < -0.3 is 19.7 Å². The van der Waals surface area contributed by atoms with E-state index in [2.05, 4.69) is 5.32 Å². The van der Waals surface area contributed by atoms with Gasteiger partial charge in [-0.05, 0) is 50.1 Å². The molecule has 40 heavy (non-hydrogen) atoms. The zero-order chi connectivity index (χ0) is 29.3. The normalized spacial score (nSPS) is 11.8. The summed E-state index contributed by atoms with van der Waals surface area (Å²) in [5.74, 6) is -0.239. The lowest BCUT2D eigenvalue weighted by Crippen LogP contribution is -2.51. The minimum absolute atomic E-state index is 0.00615. The monoisotopic (exact) mass is 567 g/mol. The summed E-state index contributed by atoms with van der Waals surface area (Å²) in [6.45, 7) is 5.53. The highest BCUT2D eigenvalue weighted by molar-refractivity contribution is 7.92. The van der Waals surface area contributed by atoms with Crippen molar-refractivity contribution in [1.82, 2.24) is 10.2 Å². The van der Waals surface area contributed by atoms with Crippen LogP contribution in [0.1, 0.15) is 31.4 Å². The molecule has 0 spiro atoms. The van der Waals surface area contributed by atoms with Gasteiger partial charge in [0.25, 0.3) is 10.0 Å². The summed E-state index contributed by atoms with van der Waals surface area (Å²) in [4.78, 5) is 28.4. The van der Waals surface area contributed by atoms with Crippen LogP contribution in [0.15, 0.2) is 77.7 Å². The number of benzene rings is 3. The number of hydrogen-bond donors (Lipinski definition) is 1. The number of amides is 2. The van der Waals surface area contributed by atoms with E-state index in [1.807, 2.05) is 38.1 Å². The number of aryl methyl sites for hydroxylation is 1. The summed E-state index contributed by atoms with van der Waals surface area (Å²) in [7, 11) is -1.34. The number of anilines is 1. The maximum Gasteiger partial charge on any atom is 0.264 e. The Morgan fingerprint density at radius 2 is 1.68 bits per heavy atom. The van der Waals surface area contributed by atoms with Gasteiger partial charge in [-0.25, -0.2) is 8.42 Å². The average molecular weight is 568 g/mol. The Morgan fingerprint density at radius 1 is 0.950 bits per heavy atom. The van der Waals surface area contributed by atoms with Gasteiger partial charge >= 0.3 is 0 Å². The molecule has 0 fully saturated rings. The number of nitrogens with one attached hydrogen (secondary N) is 1. The van der Waals surface area contributed by atoms with Gasteiger partial charge in [-0.2, -0.15) is 0 Å². The molecule has 3 aromatic rings. The van der Waals surface area contributed by atoms with E-state index in [-0.39, 0.29) is 28.8 Å². The molecule has 1 atom stereocenters. The predicted octanol–water partition coefficient (Wildman–Crippen LogP) is 4.15. The number of nitrogens with zero attached hydrogens (tertiary/aromatic N) is 2. The van der Waals surface area contributed by atoms with E-state index < -0.39 is 28.5 Å². The van der Waals surface area contributed by atoms with E-state index in [9.17, 15) is 18.0 Å². The van der Waals surface area contributed by atoms with E-state index in [0.717, 1.165) is 21.9 Å². The summed E-state index contributed by atoms with van der Waals surface area (Å²) < 4.78 is 39.8. The maximum atomic E-state index is 14.0. The number of sulfonamides is 1. The second kappa shape index (κ2) is 13.8. The molecular formula is C30H37N3O6S. The van der Waals surface area contributed by atoms with Crippen molar-refractivity contribution < 1.29 is 27.5 Å². The molecule has 0 saturated heterocycles. The second-order valence-corrected chi connectivity index (χ2v) is 11.2. The van der Waals surface area contributed by atoms with Crippen molar-refractivity contribution in [2.45, 2.75) is 44.7 Å². The van der Waals surface area contributed by atoms with Crippen LogP contribution in [0, 0.1) is 6.92 Å². The molecule has 0 aromatic heterocycles. The first kappa shape index (κ1) is 30.5. The smallest absolute Gasteiger partial charge is 0.264 e. The third kappa shape index (κ3) is 7.32. The average Bonchev–Trinajstić information content (AvgIpc) is 2.97. The van der Waals surface area contributed by atoms with Crippen LogP contribution in [0.4, 0.5) is 5.69 Å². The predicted molar refractivity (Wildman–Crippen MR) is 155 cm³/mol. The van der Waals surface area contributed by atoms with Crippen LogP contribution < -0.4 is 19.1 Å². The van der Waals surface area contributed by atoms with Crippen molar-refractivity contribution in [3.8, 4) is 11.5 Å². The number of carbonyl (C=O) groups is 2. The van der Waals surface area contributed by atoms with Gasteiger partial charge in [-0.3, -0.25) is 13.9 Å². The highest BCUT2D eigenvalue weighted by atomic mass is 32.2. The largest absolute Gasteiger partial charge is 0.497 e.